The summed E-state index contributed by atoms with van der Waals surface area (Å²) >= 11 is 0. The molecule has 0 spiro atoms. The first kappa shape index (κ1) is 29.2. The summed E-state index contributed by atoms with van der Waals surface area (Å²) < 4.78 is 5.37. The summed E-state index contributed by atoms with van der Waals surface area (Å²) in [7, 11) is 1.00. The molecular weight excluding hydrogens is 402 g/mol. The van der Waals surface area contributed by atoms with Crippen LogP contribution in [0.1, 0.15) is 59.8 Å². The molecule has 2 N–H and O–H groups in total. The van der Waals surface area contributed by atoms with Gasteiger partial charge in [0.05, 0.1) is 13.2 Å². The molecule has 5 nitrogen and oxygen atoms in total. The van der Waals surface area contributed by atoms with E-state index in [1.54, 1.807) is 0 Å². The van der Waals surface area contributed by atoms with E-state index in [-0.39, 0.29) is 11.9 Å². The second-order valence-corrected chi connectivity index (χ2v) is 7.10. The molecule has 0 bridgehead atoms. The molecule has 1 aliphatic rings. The van der Waals surface area contributed by atoms with Gasteiger partial charge >= 0.3 is 0 Å². The van der Waals surface area contributed by atoms with E-state index in [1.165, 1.54) is 16.7 Å². The van der Waals surface area contributed by atoms with E-state index >= 15 is 0 Å². The molecule has 0 fully saturated rings. The Kier molecular flexibility index (Phi) is 15.4. The van der Waals surface area contributed by atoms with Crippen LogP contribution in [0.2, 0.25) is 0 Å². The third-order valence-corrected chi connectivity index (χ3v) is 4.92. The largest absolute Gasteiger partial charge is 0.400 e. The van der Waals surface area contributed by atoms with Crippen LogP contribution in [0.15, 0.2) is 48.5 Å². The maximum absolute atomic E-state index is 12.6. The highest BCUT2D eigenvalue weighted by molar-refractivity contribution is 5.97. The van der Waals surface area contributed by atoms with Gasteiger partial charge in [0.1, 0.15) is 6.79 Å². The summed E-state index contributed by atoms with van der Waals surface area (Å²) in [6.07, 6.45) is 3.95. The molecule has 0 aromatic heterocycles. The molecule has 5 heteroatoms. The molecule has 0 aliphatic carbocycles. The quantitative estimate of drug-likeness (QED) is 0.691. The highest BCUT2D eigenvalue weighted by atomic mass is 16.5. The molecule has 1 unspecified atom stereocenters. The number of aliphatic hydroxyl groups is 1. The second-order valence-electron chi connectivity index (χ2n) is 7.10. The maximum atomic E-state index is 12.6. The van der Waals surface area contributed by atoms with Gasteiger partial charge in [0.25, 0.3) is 5.91 Å². The molecular formula is C27H39NO4. The molecule has 1 atom stereocenters. The molecule has 1 heterocycles. The fourth-order valence-corrected chi connectivity index (χ4v) is 3.52. The Bertz CT molecular complexity index is 808. The number of nitrogens with one attached hydrogen (secondary N) is 1. The van der Waals surface area contributed by atoms with E-state index in [4.69, 9.17) is 14.6 Å². The summed E-state index contributed by atoms with van der Waals surface area (Å²) in [5.74, 6) is 0.0112. The van der Waals surface area contributed by atoms with Crippen molar-refractivity contribution in [2.45, 2.75) is 53.5 Å². The Hall–Kier alpha value is -2.76. The Balaban J connectivity index is 0.00000148. The zero-order chi connectivity index (χ0) is 24.5. The number of rotatable bonds is 5. The highest BCUT2D eigenvalue weighted by Crippen LogP contribution is 2.22. The number of amides is 1. The molecule has 2 aromatic rings. The Labute approximate surface area is 193 Å². The van der Waals surface area contributed by atoms with Crippen molar-refractivity contribution in [3.05, 3.63) is 76.4 Å². The summed E-state index contributed by atoms with van der Waals surface area (Å²) in [5, 5.41) is 10.1. The van der Waals surface area contributed by atoms with Gasteiger partial charge in [-0.2, -0.15) is 0 Å². The molecule has 3 rings (SSSR count). The number of hydrogen-bond acceptors (Lipinski definition) is 4. The Morgan fingerprint density at radius 1 is 1.06 bits per heavy atom. The van der Waals surface area contributed by atoms with E-state index in [2.05, 4.69) is 42.6 Å². The smallest absolute Gasteiger partial charge is 0.252 e. The predicted molar refractivity (Wildman–Crippen MR) is 133 cm³/mol. The van der Waals surface area contributed by atoms with Crippen molar-refractivity contribution in [3.63, 3.8) is 0 Å². The maximum Gasteiger partial charge on any atom is 0.252 e. The summed E-state index contributed by atoms with van der Waals surface area (Å²) in [6.45, 7) is 13.5. The Morgan fingerprint density at radius 2 is 1.62 bits per heavy atom. The normalized spacial score (nSPS) is 12.9. The minimum Gasteiger partial charge on any atom is -0.400 e. The molecule has 0 saturated carbocycles. The first-order chi connectivity index (χ1) is 15.5. The van der Waals surface area contributed by atoms with Crippen LogP contribution < -0.4 is 5.32 Å². The Morgan fingerprint density at radius 3 is 2.12 bits per heavy atom. The number of carbonyl (C=O) groups is 2. The summed E-state index contributed by atoms with van der Waals surface area (Å²) in [5.41, 5.74) is 6.69. The third-order valence-electron chi connectivity index (χ3n) is 4.92. The van der Waals surface area contributed by atoms with Gasteiger partial charge in [0.2, 0.25) is 0 Å². The van der Waals surface area contributed by atoms with Crippen molar-refractivity contribution in [1.82, 2.24) is 5.32 Å². The SMILES string of the molecule is C=O.CC.CO.Cc1cccc(C)c1C(=O)NC(C)Cc1ccc(C2=CCOCC2)cc1. The zero-order valence-corrected chi connectivity index (χ0v) is 20.4. The van der Waals surface area contributed by atoms with Gasteiger partial charge in [-0.25, -0.2) is 0 Å². The van der Waals surface area contributed by atoms with Crippen molar-refractivity contribution in [2.75, 3.05) is 20.3 Å². The lowest BCUT2D eigenvalue weighted by Gasteiger charge is -2.17. The van der Waals surface area contributed by atoms with Crippen molar-refractivity contribution in [2.24, 2.45) is 0 Å². The first-order valence-corrected chi connectivity index (χ1v) is 11.0. The van der Waals surface area contributed by atoms with Crippen LogP contribution in [0.25, 0.3) is 5.57 Å². The number of hydrogen-bond donors (Lipinski definition) is 2. The third kappa shape index (κ3) is 9.16. The molecule has 32 heavy (non-hydrogen) atoms. The zero-order valence-electron chi connectivity index (χ0n) is 20.4. The van der Waals surface area contributed by atoms with Crippen molar-refractivity contribution >= 4 is 18.3 Å². The number of ether oxygens (including phenoxy) is 1. The molecule has 1 aliphatic heterocycles. The molecule has 176 valence electrons. The lowest BCUT2D eigenvalue weighted by Crippen LogP contribution is -2.34. The van der Waals surface area contributed by atoms with E-state index < -0.39 is 0 Å². The number of carbonyl (C=O) groups excluding carboxylic acids is 2. The van der Waals surface area contributed by atoms with Crippen LogP contribution in [-0.4, -0.2) is 44.2 Å². The summed E-state index contributed by atoms with van der Waals surface area (Å²) in [4.78, 5) is 20.6. The van der Waals surface area contributed by atoms with Crippen molar-refractivity contribution in [3.8, 4) is 0 Å². The predicted octanol–water partition coefficient (Wildman–Crippen LogP) is 4.92. The number of aryl methyl sites for hydroxylation is 2. The van der Waals surface area contributed by atoms with E-state index in [1.807, 2.05) is 52.7 Å². The standard InChI is InChI=1S/C23H27NO2.C2H6.CH4O.CH2O/c1-16-5-4-6-17(2)22(16)23(25)24-18(3)15-19-7-9-20(10-8-19)21-11-13-26-14-12-21;3*1-2/h4-11,18H,12-15H2,1-3H3,(H,24,25);1-2H3;2H,1H3;1H2. The molecule has 0 radical (unpaired) electrons. The van der Waals surface area contributed by atoms with Gasteiger partial charge in [-0.1, -0.05) is 62.4 Å². The minimum absolute atomic E-state index is 0.0112. The van der Waals surface area contributed by atoms with Crippen LogP contribution >= 0.6 is 0 Å². The van der Waals surface area contributed by atoms with Gasteiger partial charge in [0, 0.05) is 18.7 Å². The number of benzene rings is 2. The summed E-state index contributed by atoms with van der Waals surface area (Å²) in [6, 6.07) is 14.7. The monoisotopic (exact) mass is 441 g/mol. The van der Waals surface area contributed by atoms with Crippen LogP contribution in [-0.2, 0) is 16.0 Å². The second kappa shape index (κ2) is 16.9. The van der Waals surface area contributed by atoms with Gasteiger partial charge in [-0.05, 0) is 61.4 Å². The van der Waals surface area contributed by atoms with Crippen molar-refractivity contribution < 1.29 is 19.4 Å². The van der Waals surface area contributed by atoms with Gasteiger partial charge in [0.15, 0.2) is 0 Å². The average Bonchev–Trinajstić information content (AvgIpc) is 2.84. The highest BCUT2D eigenvalue weighted by Gasteiger charge is 2.15. The van der Waals surface area contributed by atoms with Crippen LogP contribution in [0.4, 0.5) is 0 Å². The van der Waals surface area contributed by atoms with E-state index in [0.717, 1.165) is 43.2 Å². The lowest BCUT2D eigenvalue weighted by atomic mass is 9.98. The van der Waals surface area contributed by atoms with Crippen LogP contribution in [0.3, 0.4) is 0 Å². The molecule has 2 aromatic carbocycles. The fraction of sp³-hybridized carbons (Fsp3) is 0.407. The fourth-order valence-electron chi connectivity index (χ4n) is 3.52. The molecule has 1 amide bonds. The topological polar surface area (TPSA) is 75.6 Å². The van der Waals surface area contributed by atoms with E-state index in [9.17, 15) is 4.79 Å². The van der Waals surface area contributed by atoms with Crippen LogP contribution in [0.5, 0.6) is 0 Å². The lowest BCUT2D eigenvalue weighted by molar-refractivity contribution is -0.0980. The average molecular weight is 442 g/mol. The van der Waals surface area contributed by atoms with Gasteiger partial charge in [-0.3, -0.25) is 4.79 Å². The van der Waals surface area contributed by atoms with Gasteiger partial charge in [-0.15, -0.1) is 0 Å². The number of aliphatic hydroxyl groups excluding tert-OH is 1. The van der Waals surface area contributed by atoms with E-state index in [0.29, 0.717) is 6.61 Å². The van der Waals surface area contributed by atoms with Crippen molar-refractivity contribution in [1.29, 1.82) is 0 Å². The first-order valence-electron chi connectivity index (χ1n) is 11.0. The molecule has 0 saturated heterocycles. The van der Waals surface area contributed by atoms with Crippen LogP contribution in [0, 0.1) is 13.8 Å². The van der Waals surface area contributed by atoms with Gasteiger partial charge < -0.3 is 20.0 Å². The minimum atomic E-state index is 0.0112.